The molecule has 1 atom stereocenters. The third kappa shape index (κ3) is 3.59. The second-order valence-electron chi connectivity index (χ2n) is 4.84. The number of oxime groups is 1. The smallest absolute Gasteiger partial charge is 0.243 e. The number of hydrogen-bond donors (Lipinski definition) is 2. The number of hydrogen-bond acceptors (Lipinski definition) is 5. The second kappa shape index (κ2) is 5.55. The van der Waals surface area contributed by atoms with Crippen molar-refractivity contribution in [3.63, 3.8) is 0 Å². The summed E-state index contributed by atoms with van der Waals surface area (Å²) in [5.74, 6) is -0.539. The maximum absolute atomic E-state index is 12.1. The fourth-order valence-corrected chi connectivity index (χ4v) is 1.73. The zero-order valence-electron chi connectivity index (χ0n) is 11.3. The highest BCUT2D eigenvalue weighted by Crippen LogP contribution is 2.19. The summed E-state index contributed by atoms with van der Waals surface area (Å²) in [4.78, 5) is 13.4. The average molecular weight is 279 g/mol. The first-order valence-corrected chi connectivity index (χ1v) is 7.27. The lowest BCUT2D eigenvalue weighted by Gasteiger charge is -2.31. The molecule has 106 valence electrons. The molecule has 0 spiro atoms. The normalized spacial score (nSPS) is 15.3. The van der Waals surface area contributed by atoms with Crippen LogP contribution in [-0.4, -0.2) is 54.4 Å². The summed E-state index contributed by atoms with van der Waals surface area (Å²) in [6.07, 6.45) is 1.19. The summed E-state index contributed by atoms with van der Waals surface area (Å²) in [5.41, 5.74) is 5.35. The molecule has 0 aliphatic heterocycles. The molecule has 0 aliphatic rings. The van der Waals surface area contributed by atoms with Crippen molar-refractivity contribution in [3.8, 4) is 0 Å². The van der Waals surface area contributed by atoms with Crippen molar-refractivity contribution >= 4 is 21.6 Å². The minimum Gasteiger partial charge on any atom is -0.409 e. The molecule has 0 aromatic rings. The van der Waals surface area contributed by atoms with E-state index in [2.05, 4.69) is 5.16 Å². The maximum atomic E-state index is 12.1. The monoisotopic (exact) mass is 279 g/mol. The third-order valence-corrected chi connectivity index (χ3v) is 5.09. The van der Waals surface area contributed by atoms with Crippen LogP contribution in [0.1, 0.15) is 27.2 Å². The fraction of sp³-hybridized carbons (Fsp3) is 0.800. The van der Waals surface area contributed by atoms with E-state index >= 15 is 0 Å². The van der Waals surface area contributed by atoms with Crippen molar-refractivity contribution in [2.24, 2.45) is 10.9 Å². The highest BCUT2D eigenvalue weighted by molar-refractivity contribution is 7.92. The van der Waals surface area contributed by atoms with Gasteiger partial charge in [-0.15, -0.1) is 0 Å². The predicted molar refractivity (Wildman–Crippen MR) is 69.2 cm³/mol. The molecule has 3 N–H and O–H groups in total. The Morgan fingerprint density at radius 3 is 2.28 bits per heavy atom. The number of carbonyl (C=O) groups is 1. The topological polar surface area (TPSA) is 113 Å². The lowest BCUT2D eigenvalue weighted by Crippen LogP contribution is -2.51. The Morgan fingerprint density at radius 2 is 1.94 bits per heavy atom. The molecular formula is C10H21N3O4S. The van der Waals surface area contributed by atoms with Gasteiger partial charge in [-0.25, -0.2) is 8.42 Å². The highest BCUT2D eigenvalue weighted by atomic mass is 32.2. The van der Waals surface area contributed by atoms with Gasteiger partial charge >= 0.3 is 0 Å². The molecule has 0 aromatic carbocycles. The van der Waals surface area contributed by atoms with Crippen molar-refractivity contribution in [2.75, 3.05) is 13.3 Å². The molecule has 1 unspecified atom stereocenters. The van der Waals surface area contributed by atoms with E-state index < -0.39 is 20.5 Å². The minimum atomic E-state index is -3.52. The molecule has 0 radical (unpaired) electrons. The first-order valence-electron chi connectivity index (χ1n) is 5.38. The van der Waals surface area contributed by atoms with E-state index in [0.29, 0.717) is 0 Å². The predicted octanol–water partition coefficient (Wildman–Crippen LogP) is -0.207. The number of nitrogens with zero attached hydrogens (tertiary/aromatic N) is 2. The summed E-state index contributed by atoms with van der Waals surface area (Å²) in [7, 11) is -2.03. The van der Waals surface area contributed by atoms with Crippen LogP contribution in [0.2, 0.25) is 0 Å². The first-order chi connectivity index (χ1) is 7.95. The van der Waals surface area contributed by atoms with Crippen LogP contribution >= 0.6 is 0 Å². The van der Waals surface area contributed by atoms with Gasteiger partial charge in [-0.1, -0.05) is 5.16 Å². The van der Waals surface area contributed by atoms with Crippen LogP contribution in [0.15, 0.2) is 5.16 Å². The van der Waals surface area contributed by atoms with Crippen molar-refractivity contribution < 1.29 is 18.4 Å². The van der Waals surface area contributed by atoms with Gasteiger partial charge < -0.3 is 15.8 Å². The highest BCUT2D eigenvalue weighted by Gasteiger charge is 2.41. The van der Waals surface area contributed by atoms with Gasteiger partial charge in [0.25, 0.3) is 0 Å². The lowest BCUT2D eigenvalue weighted by atomic mass is 10.1. The Bertz CT molecular complexity index is 442. The quantitative estimate of drug-likeness (QED) is 0.313. The Hall–Kier alpha value is -1.31. The van der Waals surface area contributed by atoms with Crippen molar-refractivity contribution in [3.05, 3.63) is 0 Å². The maximum Gasteiger partial charge on any atom is 0.243 e. The van der Waals surface area contributed by atoms with E-state index in [1.165, 1.54) is 25.8 Å². The number of amidine groups is 1. The molecule has 8 heteroatoms. The molecule has 0 bridgehead atoms. The average Bonchev–Trinajstić information content (AvgIpc) is 2.24. The van der Waals surface area contributed by atoms with E-state index in [4.69, 9.17) is 10.9 Å². The van der Waals surface area contributed by atoms with Gasteiger partial charge in [0.2, 0.25) is 5.91 Å². The second-order valence-corrected chi connectivity index (χ2v) is 7.41. The molecule has 0 saturated heterocycles. The lowest BCUT2D eigenvalue weighted by molar-refractivity contribution is -0.133. The molecule has 1 amide bonds. The van der Waals surface area contributed by atoms with Gasteiger partial charge in [0.1, 0.15) is 10.6 Å². The van der Waals surface area contributed by atoms with Gasteiger partial charge in [-0.2, -0.15) is 0 Å². The molecule has 0 aromatic heterocycles. The summed E-state index contributed by atoms with van der Waals surface area (Å²) in [5, 5.41) is 11.3. The van der Waals surface area contributed by atoms with E-state index in [1.54, 1.807) is 6.92 Å². The molecule has 7 nitrogen and oxygen atoms in total. The van der Waals surface area contributed by atoms with E-state index in [1.807, 2.05) is 0 Å². The Balaban J connectivity index is 5.02. The Labute approximate surface area is 108 Å². The Kier molecular flexibility index (Phi) is 5.15. The molecule has 0 saturated carbocycles. The van der Waals surface area contributed by atoms with Gasteiger partial charge in [0, 0.05) is 25.8 Å². The van der Waals surface area contributed by atoms with Crippen LogP contribution < -0.4 is 5.73 Å². The molecule has 18 heavy (non-hydrogen) atoms. The Morgan fingerprint density at radius 1 is 1.50 bits per heavy atom. The summed E-state index contributed by atoms with van der Waals surface area (Å²) in [6.45, 7) is 4.41. The van der Waals surface area contributed by atoms with Crippen LogP contribution in [0.3, 0.4) is 0 Å². The van der Waals surface area contributed by atoms with E-state index in [9.17, 15) is 13.2 Å². The van der Waals surface area contributed by atoms with Gasteiger partial charge in [0.15, 0.2) is 9.84 Å². The van der Waals surface area contributed by atoms with E-state index in [0.717, 1.165) is 6.26 Å². The summed E-state index contributed by atoms with van der Waals surface area (Å²) >= 11 is 0. The number of amides is 1. The minimum absolute atomic E-state index is 0.0145. The number of sulfone groups is 1. The zero-order valence-corrected chi connectivity index (χ0v) is 12.2. The van der Waals surface area contributed by atoms with Crippen LogP contribution in [-0.2, 0) is 14.6 Å². The molecule has 0 rings (SSSR count). The fourth-order valence-electron chi connectivity index (χ4n) is 1.26. The van der Waals surface area contributed by atoms with Crippen LogP contribution in [0.5, 0.6) is 0 Å². The molecule has 0 heterocycles. The van der Waals surface area contributed by atoms with Crippen molar-refractivity contribution in [1.29, 1.82) is 0 Å². The van der Waals surface area contributed by atoms with Gasteiger partial charge in [-0.3, -0.25) is 4.79 Å². The van der Waals surface area contributed by atoms with Crippen LogP contribution in [0.4, 0.5) is 0 Å². The van der Waals surface area contributed by atoms with Crippen LogP contribution in [0, 0.1) is 0 Å². The van der Waals surface area contributed by atoms with Gasteiger partial charge in [-0.05, 0) is 20.8 Å². The summed E-state index contributed by atoms with van der Waals surface area (Å²) in [6, 6.07) is -0.366. The summed E-state index contributed by atoms with van der Waals surface area (Å²) < 4.78 is 21.6. The van der Waals surface area contributed by atoms with Crippen molar-refractivity contribution in [2.45, 2.75) is 38.0 Å². The van der Waals surface area contributed by atoms with E-state index in [-0.39, 0.29) is 18.3 Å². The number of nitrogens with two attached hydrogens (primary N) is 1. The number of rotatable bonds is 5. The number of carbonyl (C=O) groups excluding carboxylic acids is 1. The van der Waals surface area contributed by atoms with Gasteiger partial charge in [0.05, 0.1) is 0 Å². The largest absolute Gasteiger partial charge is 0.409 e. The molecule has 0 aliphatic carbocycles. The SMILES string of the molecule is CC(CC(N)=NO)N(C)C(=O)C(C)(C)S(C)(=O)=O. The third-order valence-electron chi connectivity index (χ3n) is 3.06. The van der Waals surface area contributed by atoms with Crippen LogP contribution in [0.25, 0.3) is 0 Å². The standard InChI is InChI=1S/C10H21N3O4S/c1-7(6-8(11)12-15)13(4)9(14)10(2,3)18(5,16)17/h7,15H,6H2,1-5H3,(H2,11,12). The molecular weight excluding hydrogens is 258 g/mol. The first kappa shape index (κ1) is 16.7. The van der Waals surface area contributed by atoms with Crippen molar-refractivity contribution in [1.82, 2.24) is 4.90 Å². The molecule has 0 fully saturated rings. The zero-order chi connectivity index (χ0) is 14.7.